The number of halogens is 1. The van der Waals surface area contributed by atoms with Crippen LogP contribution in [0.15, 0.2) is 29.4 Å². The van der Waals surface area contributed by atoms with Crippen molar-refractivity contribution in [2.45, 2.75) is 38.8 Å². The highest BCUT2D eigenvalue weighted by Crippen LogP contribution is 2.23. The molecular weight excluding hydrogens is 331 g/mol. The lowest BCUT2D eigenvalue weighted by Gasteiger charge is -2.28. The Balaban J connectivity index is 1.49. The van der Waals surface area contributed by atoms with E-state index < -0.39 is 0 Å². The quantitative estimate of drug-likeness (QED) is 0.846. The zero-order valence-electron chi connectivity index (χ0n) is 15.0. The minimum atomic E-state index is -0.196. The maximum Gasteiger partial charge on any atom is 0.173 e. The van der Waals surface area contributed by atoms with Crippen molar-refractivity contribution in [2.24, 2.45) is 4.99 Å². The van der Waals surface area contributed by atoms with Gasteiger partial charge in [0, 0.05) is 49.9 Å². The first-order chi connectivity index (χ1) is 12.7. The molecule has 0 aliphatic carbocycles. The Bertz CT molecular complexity index is 837. The van der Waals surface area contributed by atoms with Crippen LogP contribution in [-0.2, 0) is 19.5 Å². The molecule has 0 atom stereocenters. The van der Waals surface area contributed by atoms with Gasteiger partial charge in [0.2, 0.25) is 0 Å². The summed E-state index contributed by atoms with van der Waals surface area (Å²) in [6.07, 6.45) is 6.07. The smallest absolute Gasteiger partial charge is 0.173 e. The standard InChI is InChI=1S/C20H23FN4O/c1-26-16-5-6-17(21)14(10-16)12-25-9-7-18-15(13-25)11-23-20(24-18)19-4-2-3-8-22-19/h5-6,10-11H,2-4,7-9,12-13H2,1H3. The summed E-state index contributed by atoms with van der Waals surface area (Å²) >= 11 is 0. The number of ether oxygens (including phenoxy) is 1. The zero-order chi connectivity index (χ0) is 17.9. The fourth-order valence-electron chi connectivity index (χ4n) is 3.57. The Morgan fingerprint density at radius 2 is 2.15 bits per heavy atom. The van der Waals surface area contributed by atoms with Crippen molar-refractivity contribution in [1.82, 2.24) is 14.9 Å². The predicted molar refractivity (Wildman–Crippen MR) is 98.1 cm³/mol. The second-order valence-corrected chi connectivity index (χ2v) is 6.87. The zero-order valence-corrected chi connectivity index (χ0v) is 15.0. The van der Waals surface area contributed by atoms with E-state index >= 15 is 0 Å². The normalized spacial score (nSPS) is 17.5. The summed E-state index contributed by atoms with van der Waals surface area (Å²) in [5, 5.41) is 0. The van der Waals surface area contributed by atoms with Crippen LogP contribution < -0.4 is 4.74 Å². The maximum absolute atomic E-state index is 14.1. The van der Waals surface area contributed by atoms with Crippen molar-refractivity contribution in [2.75, 3.05) is 20.2 Å². The van der Waals surface area contributed by atoms with Crippen LogP contribution in [0.1, 0.15) is 41.9 Å². The van der Waals surface area contributed by atoms with Gasteiger partial charge in [-0.1, -0.05) is 0 Å². The van der Waals surface area contributed by atoms with Crippen molar-refractivity contribution in [1.29, 1.82) is 0 Å². The van der Waals surface area contributed by atoms with Crippen LogP contribution >= 0.6 is 0 Å². The Morgan fingerprint density at radius 1 is 1.23 bits per heavy atom. The Hall–Kier alpha value is -2.34. The first-order valence-electron chi connectivity index (χ1n) is 9.16. The van der Waals surface area contributed by atoms with Gasteiger partial charge < -0.3 is 4.74 Å². The van der Waals surface area contributed by atoms with Crippen molar-refractivity contribution in [3.63, 3.8) is 0 Å². The molecule has 2 aliphatic heterocycles. The average Bonchev–Trinajstić information content (AvgIpc) is 2.70. The number of hydrogen-bond acceptors (Lipinski definition) is 5. The molecule has 0 spiro atoms. The summed E-state index contributed by atoms with van der Waals surface area (Å²) in [5.74, 6) is 1.27. The summed E-state index contributed by atoms with van der Waals surface area (Å²) < 4.78 is 19.3. The molecule has 0 radical (unpaired) electrons. The van der Waals surface area contributed by atoms with E-state index in [1.165, 1.54) is 12.5 Å². The largest absolute Gasteiger partial charge is 0.497 e. The topological polar surface area (TPSA) is 50.6 Å². The lowest BCUT2D eigenvalue weighted by molar-refractivity contribution is 0.239. The third-order valence-corrected chi connectivity index (χ3v) is 5.04. The lowest BCUT2D eigenvalue weighted by atomic mass is 10.0. The number of methoxy groups -OCH3 is 1. The Kier molecular flexibility index (Phi) is 4.93. The van der Waals surface area contributed by atoms with Gasteiger partial charge in [0.05, 0.1) is 18.5 Å². The molecule has 1 aromatic carbocycles. The molecule has 0 N–H and O–H groups in total. The van der Waals surface area contributed by atoms with Gasteiger partial charge in [0.1, 0.15) is 11.6 Å². The fourth-order valence-corrected chi connectivity index (χ4v) is 3.57. The van der Waals surface area contributed by atoms with E-state index in [2.05, 4.69) is 14.9 Å². The monoisotopic (exact) mass is 354 g/mol. The van der Waals surface area contributed by atoms with Crippen molar-refractivity contribution >= 4 is 5.71 Å². The third kappa shape index (κ3) is 3.60. The predicted octanol–water partition coefficient (Wildman–Crippen LogP) is 3.16. The van der Waals surface area contributed by atoms with Crippen LogP contribution in [0.5, 0.6) is 5.75 Å². The number of fused-ring (bicyclic) bond motifs is 1. The molecule has 6 heteroatoms. The molecule has 136 valence electrons. The highest BCUT2D eigenvalue weighted by atomic mass is 19.1. The van der Waals surface area contributed by atoms with Gasteiger partial charge in [0.15, 0.2) is 5.82 Å². The Morgan fingerprint density at radius 3 is 2.96 bits per heavy atom. The van der Waals surface area contributed by atoms with Gasteiger partial charge in [-0.05, 0) is 37.5 Å². The molecule has 4 rings (SSSR count). The van der Waals surface area contributed by atoms with E-state index in [1.807, 2.05) is 6.20 Å². The number of aliphatic imine (C=N–C) groups is 1. The molecule has 2 aromatic rings. The van der Waals surface area contributed by atoms with Gasteiger partial charge in [-0.25, -0.2) is 14.4 Å². The third-order valence-electron chi connectivity index (χ3n) is 5.04. The molecule has 0 amide bonds. The number of hydrogen-bond donors (Lipinski definition) is 0. The van der Waals surface area contributed by atoms with E-state index in [-0.39, 0.29) is 5.82 Å². The fraction of sp³-hybridized carbons (Fsp3) is 0.450. The van der Waals surface area contributed by atoms with Crippen molar-refractivity contribution < 1.29 is 9.13 Å². The van der Waals surface area contributed by atoms with Crippen LogP contribution in [0, 0.1) is 5.82 Å². The number of aromatic nitrogens is 2. The first kappa shape index (κ1) is 17.1. The molecule has 0 saturated heterocycles. The maximum atomic E-state index is 14.1. The van der Waals surface area contributed by atoms with Gasteiger partial charge in [-0.2, -0.15) is 0 Å². The second kappa shape index (κ2) is 7.50. The summed E-state index contributed by atoms with van der Waals surface area (Å²) in [5.41, 5.74) is 3.92. The molecular formula is C20H23FN4O. The number of nitrogens with zero attached hydrogens (tertiary/aromatic N) is 4. The van der Waals surface area contributed by atoms with Gasteiger partial charge in [0.25, 0.3) is 0 Å². The lowest BCUT2D eigenvalue weighted by Crippen LogP contribution is -2.31. The SMILES string of the molecule is COc1ccc(F)c(CN2CCc3nc(C4=NCCCC4)ncc3C2)c1. The molecule has 0 bridgehead atoms. The van der Waals surface area contributed by atoms with E-state index in [0.29, 0.717) is 17.9 Å². The van der Waals surface area contributed by atoms with Gasteiger partial charge in [-0.15, -0.1) is 0 Å². The minimum Gasteiger partial charge on any atom is -0.497 e. The summed E-state index contributed by atoms with van der Waals surface area (Å²) in [6, 6.07) is 4.88. The van der Waals surface area contributed by atoms with Crippen LogP contribution in [0.3, 0.4) is 0 Å². The molecule has 5 nitrogen and oxygen atoms in total. The molecule has 2 aliphatic rings. The van der Waals surface area contributed by atoms with Crippen LogP contribution in [0.4, 0.5) is 4.39 Å². The minimum absolute atomic E-state index is 0.196. The summed E-state index contributed by atoms with van der Waals surface area (Å²) in [6.45, 7) is 3.03. The van der Waals surface area contributed by atoms with E-state index in [0.717, 1.165) is 61.7 Å². The van der Waals surface area contributed by atoms with Gasteiger partial charge in [-0.3, -0.25) is 9.89 Å². The van der Waals surface area contributed by atoms with Crippen LogP contribution in [0.2, 0.25) is 0 Å². The second-order valence-electron chi connectivity index (χ2n) is 6.87. The Labute approximate surface area is 152 Å². The summed E-state index contributed by atoms with van der Waals surface area (Å²) in [7, 11) is 1.60. The number of benzene rings is 1. The molecule has 3 heterocycles. The molecule has 0 saturated carbocycles. The van der Waals surface area contributed by atoms with Gasteiger partial charge >= 0.3 is 0 Å². The summed E-state index contributed by atoms with van der Waals surface area (Å²) in [4.78, 5) is 16.1. The highest BCUT2D eigenvalue weighted by Gasteiger charge is 2.21. The number of rotatable bonds is 4. The van der Waals surface area contributed by atoms with Crippen molar-refractivity contribution in [3.8, 4) is 5.75 Å². The van der Waals surface area contributed by atoms with Crippen molar-refractivity contribution in [3.05, 3.63) is 52.9 Å². The molecule has 0 unspecified atom stereocenters. The molecule has 0 fully saturated rings. The van der Waals surface area contributed by atoms with E-state index in [4.69, 9.17) is 9.72 Å². The van der Waals surface area contributed by atoms with E-state index in [1.54, 1.807) is 19.2 Å². The highest BCUT2D eigenvalue weighted by molar-refractivity contribution is 5.97. The average molecular weight is 354 g/mol. The first-order valence-corrected chi connectivity index (χ1v) is 9.16. The van der Waals surface area contributed by atoms with E-state index in [9.17, 15) is 4.39 Å². The van der Waals surface area contributed by atoms with Crippen LogP contribution in [0.25, 0.3) is 0 Å². The molecule has 26 heavy (non-hydrogen) atoms. The van der Waals surface area contributed by atoms with Crippen LogP contribution in [-0.4, -0.2) is 40.8 Å². The molecule has 1 aromatic heterocycles.